The molecule has 0 aromatic heterocycles. The summed E-state index contributed by atoms with van der Waals surface area (Å²) in [7, 11) is 0. The molecule has 0 heterocycles. The van der Waals surface area contributed by atoms with Crippen molar-refractivity contribution < 1.29 is 10.2 Å². The zero-order valence-corrected chi connectivity index (χ0v) is 14.6. The molecular formula is C20H24N2O2. The molecule has 2 aromatic rings. The van der Waals surface area contributed by atoms with E-state index in [1.54, 1.807) is 24.3 Å². The standard InChI is InChI=1S/C20H24N2O2/c1-13(21-15(3)17-9-5-7-11-19(17)23)14(2)22-16(4)18-10-6-8-12-20(18)24/h5-14,23-24H,1-4H3/t13-,14-/m0/s1. The average molecular weight is 324 g/mol. The number of hydrogen-bond donors (Lipinski definition) is 2. The number of benzene rings is 2. The summed E-state index contributed by atoms with van der Waals surface area (Å²) >= 11 is 0. The fourth-order valence-electron chi connectivity index (χ4n) is 2.52. The Morgan fingerprint density at radius 3 is 1.38 bits per heavy atom. The highest BCUT2D eigenvalue weighted by Gasteiger charge is 2.13. The summed E-state index contributed by atoms with van der Waals surface area (Å²) in [6.45, 7) is 7.77. The van der Waals surface area contributed by atoms with E-state index in [2.05, 4.69) is 9.98 Å². The van der Waals surface area contributed by atoms with Crippen LogP contribution in [0.15, 0.2) is 58.5 Å². The van der Waals surface area contributed by atoms with Crippen molar-refractivity contribution in [2.24, 2.45) is 9.98 Å². The van der Waals surface area contributed by atoms with Crippen molar-refractivity contribution in [2.75, 3.05) is 0 Å². The highest BCUT2D eigenvalue weighted by atomic mass is 16.3. The number of phenolic OH excluding ortho intramolecular Hbond substituents is 2. The van der Waals surface area contributed by atoms with Gasteiger partial charge in [0.1, 0.15) is 11.5 Å². The summed E-state index contributed by atoms with van der Waals surface area (Å²) in [5, 5.41) is 19.8. The summed E-state index contributed by atoms with van der Waals surface area (Å²) in [4.78, 5) is 9.33. The first-order valence-corrected chi connectivity index (χ1v) is 8.05. The van der Waals surface area contributed by atoms with Crippen LogP contribution in [0, 0.1) is 0 Å². The fraction of sp³-hybridized carbons (Fsp3) is 0.300. The third-order valence-electron chi connectivity index (χ3n) is 4.08. The molecule has 2 aromatic carbocycles. The van der Waals surface area contributed by atoms with E-state index in [9.17, 15) is 10.2 Å². The molecule has 0 saturated heterocycles. The van der Waals surface area contributed by atoms with Gasteiger partial charge in [0.25, 0.3) is 0 Å². The van der Waals surface area contributed by atoms with Crippen molar-refractivity contribution in [3.8, 4) is 11.5 Å². The summed E-state index contributed by atoms with van der Waals surface area (Å²) < 4.78 is 0. The predicted molar refractivity (Wildman–Crippen MR) is 99.6 cm³/mol. The van der Waals surface area contributed by atoms with E-state index in [0.717, 1.165) is 22.6 Å². The first-order valence-electron chi connectivity index (χ1n) is 8.05. The largest absolute Gasteiger partial charge is 0.507 e. The number of nitrogens with zero attached hydrogens (tertiary/aromatic N) is 2. The molecule has 126 valence electrons. The van der Waals surface area contributed by atoms with E-state index in [1.165, 1.54) is 0 Å². The molecule has 0 fully saturated rings. The second kappa shape index (κ2) is 7.77. The number of hydrogen-bond acceptors (Lipinski definition) is 4. The Bertz CT molecular complexity index is 700. The van der Waals surface area contributed by atoms with Gasteiger partial charge in [-0.25, -0.2) is 0 Å². The maximum Gasteiger partial charge on any atom is 0.124 e. The molecule has 0 aliphatic rings. The second-order valence-electron chi connectivity index (χ2n) is 5.94. The molecule has 2 atom stereocenters. The molecule has 4 heteroatoms. The Labute approximate surface area is 143 Å². The van der Waals surface area contributed by atoms with Crippen molar-refractivity contribution in [3.63, 3.8) is 0 Å². The fourth-order valence-corrected chi connectivity index (χ4v) is 2.52. The first-order chi connectivity index (χ1) is 11.4. The minimum Gasteiger partial charge on any atom is -0.507 e. The van der Waals surface area contributed by atoms with Crippen LogP contribution in [-0.2, 0) is 0 Å². The lowest BCUT2D eigenvalue weighted by molar-refractivity contribution is 0.473. The Hall–Kier alpha value is -2.62. The van der Waals surface area contributed by atoms with Gasteiger partial charge in [-0.05, 0) is 52.0 Å². The highest BCUT2D eigenvalue weighted by Crippen LogP contribution is 2.19. The lowest BCUT2D eigenvalue weighted by Crippen LogP contribution is -2.19. The Balaban J connectivity index is 2.19. The lowest BCUT2D eigenvalue weighted by atomic mass is 10.1. The Morgan fingerprint density at radius 2 is 1.04 bits per heavy atom. The predicted octanol–water partition coefficient (Wildman–Crippen LogP) is 4.19. The van der Waals surface area contributed by atoms with Gasteiger partial charge >= 0.3 is 0 Å². The molecule has 0 aliphatic heterocycles. The van der Waals surface area contributed by atoms with Crippen LogP contribution in [0.1, 0.15) is 38.8 Å². The van der Waals surface area contributed by atoms with E-state index >= 15 is 0 Å². The van der Waals surface area contributed by atoms with Crippen molar-refractivity contribution in [1.82, 2.24) is 0 Å². The maximum atomic E-state index is 9.92. The van der Waals surface area contributed by atoms with Gasteiger partial charge in [0.05, 0.1) is 12.1 Å². The molecule has 24 heavy (non-hydrogen) atoms. The van der Waals surface area contributed by atoms with Crippen LogP contribution >= 0.6 is 0 Å². The molecule has 2 N–H and O–H groups in total. The van der Waals surface area contributed by atoms with E-state index < -0.39 is 0 Å². The minimum absolute atomic E-state index is 0.0505. The van der Waals surface area contributed by atoms with Gasteiger partial charge in [-0.15, -0.1) is 0 Å². The van der Waals surface area contributed by atoms with E-state index in [4.69, 9.17) is 0 Å². The summed E-state index contributed by atoms with van der Waals surface area (Å²) in [5.41, 5.74) is 3.03. The van der Waals surface area contributed by atoms with Crippen LogP contribution in [0.3, 0.4) is 0 Å². The summed E-state index contributed by atoms with van der Waals surface area (Å²) in [5.74, 6) is 0.458. The molecule has 0 aliphatic carbocycles. The van der Waals surface area contributed by atoms with Crippen molar-refractivity contribution >= 4 is 11.4 Å². The summed E-state index contributed by atoms with van der Waals surface area (Å²) in [6.07, 6.45) is 0. The van der Waals surface area contributed by atoms with Crippen molar-refractivity contribution in [1.29, 1.82) is 0 Å². The Kier molecular flexibility index (Phi) is 5.74. The number of aliphatic imine (C=N–C) groups is 2. The van der Waals surface area contributed by atoms with Gasteiger partial charge in [0, 0.05) is 22.6 Å². The molecule has 0 saturated carbocycles. The van der Waals surface area contributed by atoms with Crippen LogP contribution in [0.4, 0.5) is 0 Å². The molecule has 0 unspecified atom stereocenters. The Morgan fingerprint density at radius 1 is 0.708 bits per heavy atom. The van der Waals surface area contributed by atoms with Gasteiger partial charge in [0.15, 0.2) is 0 Å². The van der Waals surface area contributed by atoms with E-state index in [1.807, 2.05) is 52.0 Å². The normalized spacial score (nSPS) is 15.2. The van der Waals surface area contributed by atoms with Crippen LogP contribution in [0.2, 0.25) is 0 Å². The molecular weight excluding hydrogens is 300 g/mol. The maximum absolute atomic E-state index is 9.92. The second-order valence-corrected chi connectivity index (χ2v) is 5.94. The number of aromatic hydroxyl groups is 2. The van der Waals surface area contributed by atoms with Crippen LogP contribution < -0.4 is 0 Å². The molecule has 0 radical (unpaired) electrons. The molecule has 0 spiro atoms. The summed E-state index contributed by atoms with van der Waals surface area (Å²) in [6, 6.07) is 14.2. The van der Waals surface area contributed by atoms with Crippen molar-refractivity contribution in [3.05, 3.63) is 59.7 Å². The lowest BCUT2D eigenvalue weighted by Gasteiger charge is -2.15. The zero-order valence-electron chi connectivity index (χ0n) is 14.6. The number of para-hydroxylation sites is 2. The third kappa shape index (κ3) is 4.22. The van der Waals surface area contributed by atoms with Gasteiger partial charge in [0.2, 0.25) is 0 Å². The van der Waals surface area contributed by atoms with Crippen LogP contribution in [0.5, 0.6) is 11.5 Å². The van der Waals surface area contributed by atoms with E-state index in [0.29, 0.717) is 0 Å². The number of rotatable bonds is 5. The number of phenols is 2. The zero-order chi connectivity index (χ0) is 17.7. The smallest absolute Gasteiger partial charge is 0.124 e. The third-order valence-corrected chi connectivity index (χ3v) is 4.08. The van der Waals surface area contributed by atoms with Crippen LogP contribution in [-0.4, -0.2) is 33.7 Å². The highest BCUT2D eigenvalue weighted by molar-refractivity contribution is 6.02. The quantitative estimate of drug-likeness (QED) is 0.810. The van der Waals surface area contributed by atoms with Crippen LogP contribution in [0.25, 0.3) is 0 Å². The van der Waals surface area contributed by atoms with Gasteiger partial charge in [-0.2, -0.15) is 0 Å². The van der Waals surface area contributed by atoms with Gasteiger partial charge in [-0.3, -0.25) is 9.98 Å². The first kappa shape index (κ1) is 17.7. The monoisotopic (exact) mass is 324 g/mol. The molecule has 2 rings (SSSR count). The topological polar surface area (TPSA) is 65.2 Å². The van der Waals surface area contributed by atoms with Gasteiger partial charge in [-0.1, -0.05) is 24.3 Å². The molecule has 4 nitrogen and oxygen atoms in total. The minimum atomic E-state index is -0.0505. The van der Waals surface area contributed by atoms with E-state index in [-0.39, 0.29) is 23.6 Å². The molecule has 0 bridgehead atoms. The van der Waals surface area contributed by atoms with Gasteiger partial charge < -0.3 is 10.2 Å². The van der Waals surface area contributed by atoms with Crippen molar-refractivity contribution in [2.45, 2.75) is 39.8 Å². The average Bonchev–Trinajstić information content (AvgIpc) is 2.55. The SMILES string of the molecule is CC(=N[C@@H](C)[C@H](C)N=C(C)c1ccccc1O)c1ccccc1O. The molecule has 0 amide bonds.